The van der Waals surface area contributed by atoms with Gasteiger partial charge in [-0.05, 0) is 12.5 Å². The van der Waals surface area contributed by atoms with Crippen molar-refractivity contribution in [3.8, 4) is 0 Å². The Labute approximate surface area is 104 Å². The SMILES string of the molecule is C=CCNCC(C)OCC=Cc1ccccc1. The highest BCUT2D eigenvalue weighted by atomic mass is 16.5. The topological polar surface area (TPSA) is 21.3 Å². The monoisotopic (exact) mass is 231 g/mol. The van der Waals surface area contributed by atoms with E-state index in [0.29, 0.717) is 6.61 Å². The van der Waals surface area contributed by atoms with Crippen molar-refractivity contribution in [2.24, 2.45) is 0 Å². The first-order chi connectivity index (χ1) is 8.33. The molecule has 0 aliphatic rings. The summed E-state index contributed by atoms with van der Waals surface area (Å²) in [7, 11) is 0. The van der Waals surface area contributed by atoms with Crippen molar-refractivity contribution in [3.05, 3.63) is 54.6 Å². The maximum atomic E-state index is 5.63. The van der Waals surface area contributed by atoms with Crippen LogP contribution in [0, 0.1) is 0 Å². The summed E-state index contributed by atoms with van der Waals surface area (Å²) in [6, 6.07) is 10.2. The van der Waals surface area contributed by atoms with Gasteiger partial charge in [-0.2, -0.15) is 0 Å². The number of nitrogens with one attached hydrogen (secondary N) is 1. The molecule has 0 heterocycles. The smallest absolute Gasteiger partial charge is 0.0675 e. The van der Waals surface area contributed by atoms with Gasteiger partial charge in [-0.25, -0.2) is 0 Å². The van der Waals surface area contributed by atoms with Gasteiger partial charge in [0.25, 0.3) is 0 Å². The van der Waals surface area contributed by atoms with Crippen LogP contribution in [0.1, 0.15) is 12.5 Å². The van der Waals surface area contributed by atoms with Gasteiger partial charge in [-0.1, -0.05) is 48.6 Å². The van der Waals surface area contributed by atoms with E-state index in [2.05, 4.69) is 37.0 Å². The van der Waals surface area contributed by atoms with Crippen LogP contribution in [0.2, 0.25) is 0 Å². The second-order valence-corrected chi connectivity index (χ2v) is 3.90. The summed E-state index contributed by atoms with van der Waals surface area (Å²) in [5, 5.41) is 3.23. The summed E-state index contributed by atoms with van der Waals surface area (Å²) < 4.78 is 5.63. The van der Waals surface area contributed by atoms with Gasteiger partial charge in [0.1, 0.15) is 0 Å². The summed E-state index contributed by atoms with van der Waals surface area (Å²) >= 11 is 0. The van der Waals surface area contributed by atoms with E-state index in [4.69, 9.17) is 4.74 Å². The molecule has 0 fully saturated rings. The van der Waals surface area contributed by atoms with Gasteiger partial charge in [0.2, 0.25) is 0 Å². The fourth-order valence-electron chi connectivity index (χ4n) is 1.42. The van der Waals surface area contributed by atoms with Gasteiger partial charge in [-0.15, -0.1) is 6.58 Å². The molecule has 1 aromatic carbocycles. The lowest BCUT2D eigenvalue weighted by Gasteiger charge is -2.11. The van der Waals surface area contributed by atoms with Gasteiger partial charge in [0.15, 0.2) is 0 Å². The molecule has 1 aromatic rings. The molecule has 0 spiro atoms. The van der Waals surface area contributed by atoms with Crippen LogP contribution >= 0.6 is 0 Å². The van der Waals surface area contributed by atoms with Crippen molar-refractivity contribution >= 4 is 6.08 Å². The van der Waals surface area contributed by atoms with Crippen molar-refractivity contribution in [3.63, 3.8) is 0 Å². The van der Waals surface area contributed by atoms with Crippen LogP contribution in [-0.2, 0) is 4.74 Å². The molecule has 1 unspecified atom stereocenters. The Bertz CT molecular complexity index is 332. The van der Waals surface area contributed by atoms with Crippen molar-refractivity contribution < 1.29 is 4.74 Å². The third-order valence-corrected chi connectivity index (χ3v) is 2.31. The molecule has 17 heavy (non-hydrogen) atoms. The number of hydrogen-bond acceptors (Lipinski definition) is 2. The number of benzene rings is 1. The van der Waals surface area contributed by atoms with Gasteiger partial charge in [-0.3, -0.25) is 0 Å². The summed E-state index contributed by atoms with van der Waals surface area (Å²) in [6.45, 7) is 8.04. The van der Waals surface area contributed by atoms with E-state index in [1.807, 2.05) is 30.4 Å². The Kier molecular flexibility index (Phi) is 7.03. The lowest BCUT2D eigenvalue weighted by molar-refractivity contribution is 0.0890. The first-order valence-corrected chi connectivity index (χ1v) is 5.97. The van der Waals surface area contributed by atoms with E-state index in [1.54, 1.807) is 0 Å². The van der Waals surface area contributed by atoms with E-state index in [9.17, 15) is 0 Å². The first-order valence-electron chi connectivity index (χ1n) is 5.97. The molecule has 0 saturated carbocycles. The summed E-state index contributed by atoms with van der Waals surface area (Å²) in [6.07, 6.45) is 6.18. The second kappa shape index (κ2) is 8.74. The van der Waals surface area contributed by atoms with Crippen molar-refractivity contribution in [1.29, 1.82) is 0 Å². The summed E-state index contributed by atoms with van der Waals surface area (Å²) in [5.74, 6) is 0. The highest BCUT2D eigenvalue weighted by molar-refractivity contribution is 5.48. The van der Waals surface area contributed by atoms with Gasteiger partial charge in [0.05, 0.1) is 12.7 Å². The molecular weight excluding hydrogens is 210 g/mol. The number of hydrogen-bond donors (Lipinski definition) is 1. The molecule has 0 amide bonds. The van der Waals surface area contributed by atoms with E-state index in [1.165, 1.54) is 5.56 Å². The minimum Gasteiger partial charge on any atom is -0.373 e. The molecule has 0 bridgehead atoms. The maximum Gasteiger partial charge on any atom is 0.0675 e. The molecule has 0 saturated heterocycles. The van der Waals surface area contributed by atoms with E-state index < -0.39 is 0 Å². The van der Waals surface area contributed by atoms with Crippen molar-refractivity contribution in [2.45, 2.75) is 13.0 Å². The van der Waals surface area contributed by atoms with Crippen LogP contribution in [0.3, 0.4) is 0 Å². The zero-order valence-electron chi connectivity index (χ0n) is 10.4. The Morgan fingerprint density at radius 3 is 2.82 bits per heavy atom. The minimum atomic E-state index is 0.218. The minimum absolute atomic E-state index is 0.218. The maximum absolute atomic E-state index is 5.63. The Hall–Kier alpha value is -1.38. The lowest BCUT2D eigenvalue weighted by Crippen LogP contribution is -2.26. The molecule has 2 nitrogen and oxygen atoms in total. The molecule has 0 radical (unpaired) electrons. The van der Waals surface area contributed by atoms with Crippen molar-refractivity contribution in [2.75, 3.05) is 19.7 Å². The average Bonchev–Trinajstić information content (AvgIpc) is 2.36. The van der Waals surface area contributed by atoms with Crippen LogP contribution in [0.25, 0.3) is 6.08 Å². The molecule has 2 heteroatoms. The molecule has 1 rings (SSSR count). The van der Waals surface area contributed by atoms with Gasteiger partial charge >= 0.3 is 0 Å². The normalized spacial score (nSPS) is 12.8. The second-order valence-electron chi connectivity index (χ2n) is 3.90. The number of rotatable bonds is 8. The molecule has 0 aromatic heterocycles. The van der Waals surface area contributed by atoms with Crippen LogP contribution in [0.5, 0.6) is 0 Å². The average molecular weight is 231 g/mol. The third kappa shape index (κ3) is 6.72. The van der Waals surface area contributed by atoms with Crippen LogP contribution in [-0.4, -0.2) is 25.8 Å². The zero-order chi connectivity index (χ0) is 12.3. The van der Waals surface area contributed by atoms with Crippen LogP contribution < -0.4 is 5.32 Å². The Morgan fingerprint density at radius 2 is 2.12 bits per heavy atom. The zero-order valence-corrected chi connectivity index (χ0v) is 10.4. The number of ether oxygens (including phenoxy) is 1. The molecule has 0 aliphatic heterocycles. The Balaban J connectivity index is 2.14. The third-order valence-electron chi connectivity index (χ3n) is 2.31. The molecular formula is C15H21NO. The summed E-state index contributed by atoms with van der Waals surface area (Å²) in [5.41, 5.74) is 1.20. The Morgan fingerprint density at radius 1 is 1.35 bits per heavy atom. The lowest BCUT2D eigenvalue weighted by atomic mass is 10.2. The molecule has 1 N–H and O–H groups in total. The van der Waals surface area contributed by atoms with Gasteiger partial charge < -0.3 is 10.1 Å². The van der Waals surface area contributed by atoms with Crippen molar-refractivity contribution in [1.82, 2.24) is 5.32 Å². The van der Waals surface area contributed by atoms with Crippen LogP contribution in [0.4, 0.5) is 0 Å². The van der Waals surface area contributed by atoms with Crippen LogP contribution in [0.15, 0.2) is 49.1 Å². The standard InChI is InChI=1S/C15H21NO/c1-3-11-16-13-14(2)17-12-7-10-15-8-5-4-6-9-15/h3-10,14,16H,1,11-13H2,2H3. The highest BCUT2D eigenvalue weighted by Crippen LogP contribution is 2.01. The predicted molar refractivity (Wildman–Crippen MR) is 74.0 cm³/mol. The summed E-state index contributed by atoms with van der Waals surface area (Å²) in [4.78, 5) is 0. The largest absolute Gasteiger partial charge is 0.373 e. The van der Waals surface area contributed by atoms with E-state index >= 15 is 0 Å². The molecule has 0 aliphatic carbocycles. The van der Waals surface area contributed by atoms with E-state index in [-0.39, 0.29) is 6.10 Å². The predicted octanol–water partition coefficient (Wildman–Crippen LogP) is 2.88. The highest BCUT2D eigenvalue weighted by Gasteiger charge is 1.98. The van der Waals surface area contributed by atoms with Gasteiger partial charge in [0, 0.05) is 13.1 Å². The quantitative estimate of drug-likeness (QED) is 0.548. The molecule has 92 valence electrons. The fraction of sp³-hybridized carbons (Fsp3) is 0.333. The fourth-order valence-corrected chi connectivity index (χ4v) is 1.42. The first kappa shape index (κ1) is 13.7. The molecule has 1 atom stereocenters. The van der Waals surface area contributed by atoms with E-state index in [0.717, 1.165) is 13.1 Å².